The number of fused-ring (bicyclic) bond motifs is 1. The van der Waals surface area contributed by atoms with Gasteiger partial charge in [-0.15, -0.1) is 5.10 Å². The van der Waals surface area contributed by atoms with E-state index in [0.717, 1.165) is 42.2 Å². The lowest BCUT2D eigenvalue weighted by molar-refractivity contribution is 0.266. The molecule has 1 fully saturated rings. The number of hydrogen-bond donors (Lipinski definition) is 2. The molecule has 0 saturated carbocycles. The van der Waals surface area contributed by atoms with E-state index in [1.165, 1.54) is 0 Å². The van der Waals surface area contributed by atoms with Gasteiger partial charge in [-0.2, -0.15) is 4.98 Å². The molecule has 0 spiro atoms. The third kappa shape index (κ3) is 3.33. The van der Waals surface area contributed by atoms with E-state index in [9.17, 15) is 5.11 Å². The summed E-state index contributed by atoms with van der Waals surface area (Å²) in [7, 11) is 1.65. The first kappa shape index (κ1) is 18.4. The van der Waals surface area contributed by atoms with Crippen molar-refractivity contribution in [3.05, 3.63) is 55.1 Å². The predicted molar refractivity (Wildman–Crippen MR) is 114 cm³/mol. The summed E-state index contributed by atoms with van der Waals surface area (Å²) in [6.45, 7) is 0.984. The smallest absolute Gasteiger partial charge is 0.248 e. The van der Waals surface area contributed by atoms with Crippen molar-refractivity contribution in [2.75, 3.05) is 30.5 Å². The number of imidazole rings is 1. The number of nitrogens with zero attached hydrogens (tertiary/aromatic N) is 6. The highest BCUT2D eigenvalue weighted by Crippen LogP contribution is 2.29. The molecule has 0 aliphatic carbocycles. The Morgan fingerprint density at radius 3 is 3.07 bits per heavy atom. The summed E-state index contributed by atoms with van der Waals surface area (Å²) in [6, 6.07) is 11.8. The monoisotopic (exact) mass is 405 g/mol. The van der Waals surface area contributed by atoms with E-state index in [0.29, 0.717) is 11.8 Å². The molecule has 9 heteroatoms. The Morgan fingerprint density at radius 2 is 2.20 bits per heavy atom. The van der Waals surface area contributed by atoms with Crippen molar-refractivity contribution < 1.29 is 9.84 Å². The number of aliphatic hydroxyl groups is 1. The number of nitrogens with one attached hydrogen (secondary N) is 1. The second-order valence-corrected chi connectivity index (χ2v) is 7.26. The number of aliphatic hydroxyl groups excluding tert-OH is 1. The van der Waals surface area contributed by atoms with Crippen LogP contribution in [-0.4, -0.2) is 55.6 Å². The van der Waals surface area contributed by atoms with Crippen molar-refractivity contribution in [3.63, 3.8) is 0 Å². The summed E-state index contributed by atoms with van der Waals surface area (Å²) in [5, 5.41) is 17.5. The summed E-state index contributed by atoms with van der Waals surface area (Å²) >= 11 is 0. The molecule has 1 atom stereocenters. The Kier molecular flexibility index (Phi) is 4.72. The van der Waals surface area contributed by atoms with Crippen LogP contribution in [0, 0.1) is 0 Å². The Bertz CT molecular complexity index is 1170. The van der Waals surface area contributed by atoms with Gasteiger partial charge in [0.1, 0.15) is 17.6 Å². The van der Waals surface area contributed by atoms with E-state index in [1.807, 2.05) is 53.4 Å². The lowest BCUT2D eigenvalue weighted by Crippen LogP contribution is -2.33. The molecular weight excluding hydrogens is 382 g/mol. The molecule has 154 valence electrons. The van der Waals surface area contributed by atoms with Gasteiger partial charge in [-0.05, 0) is 37.1 Å². The van der Waals surface area contributed by atoms with Crippen LogP contribution in [0.1, 0.15) is 12.8 Å². The van der Waals surface area contributed by atoms with E-state index in [-0.39, 0.29) is 12.6 Å². The van der Waals surface area contributed by atoms with Gasteiger partial charge in [0.2, 0.25) is 5.95 Å². The third-order valence-electron chi connectivity index (χ3n) is 5.41. The number of methoxy groups -OCH3 is 1. The van der Waals surface area contributed by atoms with Gasteiger partial charge in [0.05, 0.1) is 31.6 Å². The molecule has 1 aromatic carbocycles. The molecular formula is C21H23N7O2. The number of hydrogen-bond acceptors (Lipinski definition) is 7. The van der Waals surface area contributed by atoms with Crippen LogP contribution >= 0.6 is 0 Å². The first-order valence-corrected chi connectivity index (χ1v) is 9.93. The van der Waals surface area contributed by atoms with Gasteiger partial charge in [0.15, 0.2) is 11.6 Å². The van der Waals surface area contributed by atoms with Crippen molar-refractivity contribution in [3.8, 4) is 11.4 Å². The Balaban J connectivity index is 1.45. The maximum atomic E-state index is 9.74. The van der Waals surface area contributed by atoms with E-state index >= 15 is 0 Å². The molecule has 1 saturated heterocycles. The molecule has 0 unspecified atom stereocenters. The molecule has 0 amide bonds. The fourth-order valence-corrected chi connectivity index (χ4v) is 3.90. The average molecular weight is 405 g/mol. The van der Waals surface area contributed by atoms with Crippen molar-refractivity contribution >= 4 is 23.1 Å². The Hall–Kier alpha value is -3.59. The van der Waals surface area contributed by atoms with Gasteiger partial charge in [-0.25, -0.2) is 9.50 Å². The standard InChI is InChI=1S/C21H23N7O2/c1-30-17-7-2-5-15(11-17)26-12-19(22-14-26)23-21-24-20(18-8-4-10-28(18)25-21)27-9-3-6-16(27)13-29/h2,4-5,7-8,10-12,14,16,29H,3,6,9,13H2,1H3,(H,23,25)/t16-/m0/s1. The molecule has 1 aliphatic rings. The number of anilines is 3. The minimum Gasteiger partial charge on any atom is -0.497 e. The van der Waals surface area contributed by atoms with Crippen molar-refractivity contribution in [2.45, 2.75) is 18.9 Å². The number of rotatable bonds is 6. The van der Waals surface area contributed by atoms with Crippen LogP contribution in [0.25, 0.3) is 11.2 Å². The van der Waals surface area contributed by atoms with Crippen LogP contribution < -0.4 is 15.0 Å². The summed E-state index contributed by atoms with van der Waals surface area (Å²) < 4.78 is 9.00. The van der Waals surface area contributed by atoms with Gasteiger partial charge in [-0.1, -0.05) is 6.07 Å². The van der Waals surface area contributed by atoms with Crippen molar-refractivity contribution in [1.82, 2.24) is 24.1 Å². The molecule has 0 radical (unpaired) electrons. The predicted octanol–water partition coefficient (Wildman–Crippen LogP) is 2.63. The van der Waals surface area contributed by atoms with Gasteiger partial charge in [-0.3, -0.25) is 0 Å². The van der Waals surface area contributed by atoms with Gasteiger partial charge >= 0.3 is 0 Å². The fraction of sp³-hybridized carbons (Fsp3) is 0.286. The maximum absolute atomic E-state index is 9.74. The normalized spacial score (nSPS) is 16.3. The molecule has 2 N–H and O–H groups in total. The first-order valence-electron chi connectivity index (χ1n) is 9.93. The molecule has 0 bridgehead atoms. The molecule has 5 rings (SSSR count). The minimum absolute atomic E-state index is 0.0821. The lowest BCUT2D eigenvalue weighted by Gasteiger charge is -2.25. The highest BCUT2D eigenvalue weighted by Gasteiger charge is 2.27. The van der Waals surface area contributed by atoms with Gasteiger partial charge in [0, 0.05) is 18.8 Å². The summed E-state index contributed by atoms with van der Waals surface area (Å²) in [6.07, 6.45) is 7.50. The van der Waals surface area contributed by atoms with Crippen molar-refractivity contribution in [1.29, 1.82) is 0 Å². The fourth-order valence-electron chi connectivity index (χ4n) is 3.90. The van der Waals surface area contributed by atoms with Gasteiger partial charge in [0.25, 0.3) is 0 Å². The minimum atomic E-state index is 0.0821. The zero-order chi connectivity index (χ0) is 20.5. The van der Waals surface area contributed by atoms with Crippen LogP contribution in [-0.2, 0) is 0 Å². The average Bonchev–Trinajstić information content (AvgIpc) is 3.53. The SMILES string of the molecule is COc1cccc(-n2cnc(Nc3nc(N4CCC[C@H]4CO)c4cccn4n3)c2)c1. The lowest BCUT2D eigenvalue weighted by atomic mass is 10.2. The Morgan fingerprint density at radius 1 is 1.27 bits per heavy atom. The van der Waals surface area contributed by atoms with Crippen LogP contribution in [0.15, 0.2) is 55.1 Å². The van der Waals surface area contributed by atoms with E-state index in [2.05, 4.69) is 20.3 Å². The molecule has 9 nitrogen and oxygen atoms in total. The highest BCUT2D eigenvalue weighted by molar-refractivity contribution is 5.71. The van der Waals surface area contributed by atoms with E-state index in [4.69, 9.17) is 9.72 Å². The second-order valence-electron chi connectivity index (χ2n) is 7.26. The zero-order valence-electron chi connectivity index (χ0n) is 16.6. The molecule has 1 aliphatic heterocycles. The zero-order valence-corrected chi connectivity index (χ0v) is 16.6. The van der Waals surface area contributed by atoms with Crippen molar-refractivity contribution in [2.24, 2.45) is 0 Å². The highest BCUT2D eigenvalue weighted by atomic mass is 16.5. The maximum Gasteiger partial charge on any atom is 0.248 e. The first-order chi connectivity index (χ1) is 14.7. The topological polar surface area (TPSA) is 92.7 Å². The van der Waals surface area contributed by atoms with Crippen LogP contribution in [0.5, 0.6) is 5.75 Å². The molecule has 4 aromatic rings. The Labute approximate surface area is 173 Å². The molecule has 30 heavy (non-hydrogen) atoms. The number of benzene rings is 1. The summed E-state index contributed by atoms with van der Waals surface area (Å²) in [5.41, 5.74) is 1.86. The van der Waals surface area contributed by atoms with Gasteiger partial charge < -0.3 is 24.6 Å². The summed E-state index contributed by atoms with van der Waals surface area (Å²) in [5.74, 6) is 2.69. The largest absolute Gasteiger partial charge is 0.497 e. The van der Waals surface area contributed by atoms with E-state index in [1.54, 1.807) is 18.0 Å². The second kappa shape index (κ2) is 7.68. The molecule has 4 heterocycles. The quantitative estimate of drug-likeness (QED) is 0.509. The third-order valence-corrected chi connectivity index (χ3v) is 5.41. The number of ether oxygens (including phenoxy) is 1. The molecule has 3 aromatic heterocycles. The van der Waals surface area contributed by atoms with Crippen LogP contribution in [0.2, 0.25) is 0 Å². The summed E-state index contributed by atoms with van der Waals surface area (Å²) in [4.78, 5) is 11.4. The van der Waals surface area contributed by atoms with Crippen LogP contribution in [0.3, 0.4) is 0 Å². The number of aromatic nitrogens is 5. The van der Waals surface area contributed by atoms with E-state index < -0.39 is 0 Å². The van der Waals surface area contributed by atoms with Crippen LogP contribution in [0.4, 0.5) is 17.6 Å².